The third kappa shape index (κ3) is 2.80. The molecule has 168 valence electrons. The van der Waals surface area contributed by atoms with Crippen LogP contribution in [-0.4, -0.2) is 38.9 Å². The SMILES string of the molecule is Cc1cccc([C@@H]2c3[nH]c4ccccc4c3C[C@H]3C(=O)N(c4ccccc4C(=O)O)C(=O)N23)c1. The Bertz CT molecular complexity index is 1500. The second-order valence-electron chi connectivity index (χ2n) is 8.79. The number of imide groups is 1. The first-order chi connectivity index (χ1) is 16.5. The Balaban J connectivity index is 1.56. The number of carboxylic acid groups (broad SMARTS) is 1. The molecule has 0 radical (unpaired) electrons. The van der Waals surface area contributed by atoms with Crippen LogP contribution >= 0.6 is 0 Å². The maximum atomic E-state index is 13.8. The van der Waals surface area contributed by atoms with Crippen LogP contribution in [0.15, 0.2) is 72.8 Å². The number of hydrogen-bond acceptors (Lipinski definition) is 3. The van der Waals surface area contributed by atoms with Crippen molar-refractivity contribution >= 4 is 34.5 Å². The number of anilines is 1. The van der Waals surface area contributed by atoms with E-state index in [4.69, 9.17) is 0 Å². The van der Waals surface area contributed by atoms with E-state index in [1.807, 2.05) is 55.5 Å². The van der Waals surface area contributed by atoms with Gasteiger partial charge in [0, 0.05) is 23.0 Å². The highest BCUT2D eigenvalue weighted by Gasteiger charge is 2.53. The minimum atomic E-state index is -1.19. The Labute approximate surface area is 195 Å². The Kier molecular flexibility index (Phi) is 4.35. The number of aromatic carboxylic acids is 1. The van der Waals surface area contributed by atoms with Gasteiger partial charge in [-0.05, 0) is 36.2 Å². The van der Waals surface area contributed by atoms with Crippen LogP contribution in [0.1, 0.15) is 38.8 Å². The summed E-state index contributed by atoms with van der Waals surface area (Å²) in [6, 6.07) is 20.2. The molecular weight excluding hydrogens is 430 g/mol. The van der Waals surface area contributed by atoms with E-state index < -0.39 is 30.0 Å². The lowest BCUT2D eigenvalue weighted by Gasteiger charge is -2.36. The Hall–Kier alpha value is -4.39. The Morgan fingerprint density at radius 1 is 1.00 bits per heavy atom. The molecule has 0 bridgehead atoms. The molecular formula is C27H21N3O4. The Morgan fingerprint density at radius 3 is 2.56 bits per heavy atom. The van der Waals surface area contributed by atoms with Crippen LogP contribution in [0.5, 0.6) is 0 Å². The van der Waals surface area contributed by atoms with E-state index in [0.29, 0.717) is 6.42 Å². The van der Waals surface area contributed by atoms with Gasteiger partial charge in [0.25, 0.3) is 5.91 Å². The second-order valence-corrected chi connectivity index (χ2v) is 8.79. The second kappa shape index (κ2) is 7.31. The summed E-state index contributed by atoms with van der Waals surface area (Å²) in [5.74, 6) is -1.60. The average molecular weight is 451 g/mol. The van der Waals surface area contributed by atoms with Crippen LogP contribution in [-0.2, 0) is 11.2 Å². The summed E-state index contributed by atoms with van der Waals surface area (Å²) in [5.41, 5.74) is 4.81. The van der Waals surface area contributed by atoms with Crippen LogP contribution in [0.25, 0.3) is 10.9 Å². The molecule has 7 nitrogen and oxygen atoms in total. The molecule has 3 amide bonds. The third-order valence-corrected chi connectivity index (χ3v) is 6.78. The summed E-state index contributed by atoms with van der Waals surface area (Å²) in [4.78, 5) is 45.5. The van der Waals surface area contributed by atoms with Gasteiger partial charge in [-0.15, -0.1) is 0 Å². The van der Waals surface area contributed by atoms with Crippen molar-refractivity contribution in [3.05, 3.63) is 101 Å². The number of aromatic amines is 1. The lowest BCUT2D eigenvalue weighted by atomic mass is 9.88. The number of para-hydroxylation sites is 2. The van der Waals surface area contributed by atoms with Crippen LogP contribution in [0.3, 0.4) is 0 Å². The van der Waals surface area contributed by atoms with E-state index in [1.165, 1.54) is 12.1 Å². The van der Waals surface area contributed by atoms with Crippen molar-refractivity contribution in [1.82, 2.24) is 9.88 Å². The van der Waals surface area contributed by atoms with Gasteiger partial charge in [-0.2, -0.15) is 0 Å². The molecule has 1 saturated heterocycles. The summed E-state index contributed by atoms with van der Waals surface area (Å²) < 4.78 is 0. The van der Waals surface area contributed by atoms with Crippen molar-refractivity contribution < 1.29 is 19.5 Å². The quantitative estimate of drug-likeness (QED) is 0.443. The molecule has 34 heavy (non-hydrogen) atoms. The zero-order valence-corrected chi connectivity index (χ0v) is 18.4. The van der Waals surface area contributed by atoms with Gasteiger partial charge in [-0.1, -0.05) is 60.2 Å². The number of fused-ring (bicyclic) bond motifs is 4. The van der Waals surface area contributed by atoms with Gasteiger partial charge in [0.2, 0.25) is 0 Å². The van der Waals surface area contributed by atoms with Gasteiger partial charge in [0.1, 0.15) is 12.1 Å². The summed E-state index contributed by atoms with van der Waals surface area (Å²) in [6.45, 7) is 1.99. The smallest absolute Gasteiger partial charge is 0.337 e. The highest BCUT2D eigenvalue weighted by atomic mass is 16.4. The number of H-pyrrole nitrogens is 1. The van der Waals surface area contributed by atoms with Gasteiger partial charge in [0.15, 0.2) is 0 Å². The number of aromatic nitrogens is 1. The number of nitrogens with zero attached hydrogens (tertiary/aromatic N) is 2. The minimum Gasteiger partial charge on any atom is -0.478 e. The van der Waals surface area contributed by atoms with Gasteiger partial charge in [-0.3, -0.25) is 9.69 Å². The molecule has 2 N–H and O–H groups in total. The first kappa shape index (κ1) is 20.2. The van der Waals surface area contributed by atoms with Gasteiger partial charge >= 0.3 is 12.0 Å². The number of amides is 3. The number of carboxylic acids is 1. The number of carbonyl (C=O) groups excluding carboxylic acids is 2. The normalized spacial score (nSPS) is 19.4. The minimum absolute atomic E-state index is 0.0832. The number of hydrogen-bond donors (Lipinski definition) is 2. The number of nitrogens with one attached hydrogen (secondary N) is 1. The van der Waals surface area contributed by atoms with Crippen LogP contribution in [0.2, 0.25) is 0 Å². The predicted octanol–water partition coefficient (Wildman–Crippen LogP) is 4.66. The van der Waals surface area contributed by atoms with E-state index in [-0.39, 0.29) is 11.3 Å². The Morgan fingerprint density at radius 2 is 1.76 bits per heavy atom. The van der Waals surface area contributed by atoms with Crippen molar-refractivity contribution in [2.24, 2.45) is 0 Å². The van der Waals surface area contributed by atoms with E-state index in [1.54, 1.807) is 17.0 Å². The number of rotatable bonds is 3. The average Bonchev–Trinajstić information content (AvgIpc) is 3.32. The van der Waals surface area contributed by atoms with Crippen LogP contribution in [0, 0.1) is 6.92 Å². The molecule has 1 aromatic heterocycles. The lowest BCUT2D eigenvalue weighted by molar-refractivity contribution is -0.120. The first-order valence-electron chi connectivity index (χ1n) is 11.1. The molecule has 2 aliphatic heterocycles. The fourth-order valence-corrected chi connectivity index (χ4v) is 5.33. The summed E-state index contributed by atoms with van der Waals surface area (Å²) in [5, 5.41) is 10.7. The molecule has 4 aromatic rings. The molecule has 3 heterocycles. The molecule has 2 aliphatic rings. The van der Waals surface area contributed by atoms with Gasteiger partial charge in [0.05, 0.1) is 11.3 Å². The van der Waals surface area contributed by atoms with Crippen LogP contribution < -0.4 is 4.90 Å². The number of aryl methyl sites for hydroxylation is 1. The molecule has 0 spiro atoms. The fraction of sp³-hybridized carbons (Fsp3) is 0.148. The van der Waals surface area contributed by atoms with E-state index in [0.717, 1.165) is 38.2 Å². The fourth-order valence-electron chi connectivity index (χ4n) is 5.33. The van der Waals surface area contributed by atoms with E-state index in [2.05, 4.69) is 4.98 Å². The molecule has 2 atom stereocenters. The van der Waals surface area contributed by atoms with E-state index >= 15 is 0 Å². The molecule has 7 heteroatoms. The summed E-state index contributed by atoms with van der Waals surface area (Å²) >= 11 is 0. The highest BCUT2D eigenvalue weighted by molar-refractivity contribution is 6.23. The maximum absolute atomic E-state index is 13.8. The third-order valence-electron chi connectivity index (χ3n) is 6.78. The zero-order chi connectivity index (χ0) is 23.6. The molecule has 0 saturated carbocycles. The number of urea groups is 1. The standard InChI is InChI=1S/C27H21N3O4/c1-15-7-6-8-16(13-15)24-23-19(17-9-2-4-11-20(17)28-23)14-22-25(31)30(27(34)29(22)24)21-12-5-3-10-18(21)26(32)33/h2-13,22,24,28H,14H2,1H3,(H,32,33)/t22-,24+/m0/s1. The largest absolute Gasteiger partial charge is 0.478 e. The van der Waals surface area contributed by atoms with Crippen molar-refractivity contribution in [3.63, 3.8) is 0 Å². The molecule has 3 aromatic carbocycles. The van der Waals surface area contributed by atoms with E-state index in [9.17, 15) is 19.5 Å². The number of benzene rings is 3. The summed E-state index contributed by atoms with van der Waals surface area (Å²) in [6.07, 6.45) is 0.359. The van der Waals surface area contributed by atoms with Crippen molar-refractivity contribution in [2.75, 3.05) is 4.90 Å². The van der Waals surface area contributed by atoms with Gasteiger partial charge in [-0.25, -0.2) is 14.5 Å². The molecule has 0 unspecified atom stereocenters. The maximum Gasteiger partial charge on any atom is 0.337 e. The lowest BCUT2D eigenvalue weighted by Crippen LogP contribution is -2.44. The van der Waals surface area contributed by atoms with Crippen molar-refractivity contribution in [1.29, 1.82) is 0 Å². The highest BCUT2D eigenvalue weighted by Crippen LogP contribution is 2.45. The van der Waals surface area contributed by atoms with Crippen molar-refractivity contribution in [2.45, 2.75) is 25.4 Å². The summed E-state index contributed by atoms with van der Waals surface area (Å²) in [7, 11) is 0. The monoisotopic (exact) mass is 451 g/mol. The zero-order valence-electron chi connectivity index (χ0n) is 18.4. The molecule has 1 fully saturated rings. The van der Waals surface area contributed by atoms with Gasteiger partial charge < -0.3 is 10.1 Å². The topological polar surface area (TPSA) is 93.7 Å². The predicted molar refractivity (Wildman–Crippen MR) is 127 cm³/mol. The molecule has 6 rings (SSSR count). The van der Waals surface area contributed by atoms with Crippen molar-refractivity contribution in [3.8, 4) is 0 Å². The van der Waals surface area contributed by atoms with Crippen LogP contribution in [0.4, 0.5) is 10.5 Å². The first-order valence-corrected chi connectivity index (χ1v) is 11.1. The molecule has 0 aliphatic carbocycles. The number of carbonyl (C=O) groups is 3.